The van der Waals surface area contributed by atoms with Gasteiger partial charge in [0.15, 0.2) is 0 Å². The average molecular weight is 378 g/mol. The van der Waals surface area contributed by atoms with Crippen LogP contribution in [-0.4, -0.2) is 16.7 Å². The van der Waals surface area contributed by atoms with Crippen molar-refractivity contribution >= 4 is 17.5 Å². The second kappa shape index (κ2) is 7.23. The standard InChI is InChI=1S/C22H16F2N2O2/c23-16-10-11-18(24)19(12-16)25-21(27)20(14-6-2-1-3-7-14)26-13-15-8-4-5-9-17(15)22(26)28/h1-12,20H,13H2,(H,25,27)/t20-/m1/s1. The second-order valence-corrected chi connectivity index (χ2v) is 6.52. The summed E-state index contributed by atoms with van der Waals surface area (Å²) in [6.45, 7) is 0.258. The van der Waals surface area contributed by atoms with Crippen LogP contribution in [-0.2, 0) is 11.3 Å². The van der Waals surface area contributed by atoms with Gasteiger partial charge in [0.2, 0.25) is 0 Å². The van der Waals surface area contributed by atoms with Gasteiger partial charge in [0, 0.05) is 18.2 Å². The molecule has 0 unspecified atom stereocenters. The fourth-order valence-electron chi connectivity index (χ4n) is 3.39. The van der Waals surface area contributed by atoms with Crippen molar-refractivity contribution < 1.29 is 18.4 Å². The van der Waals surface area contributed by atoms with Crippen LogP contribution in [0.4, 0.5) is 14.5 Å². The monoisotopic (exact) mass is 378 g/mol. The SMILES string of the molecule is O=C(Nc1cc(F)ccc1F)[C@@H](c1ccccc1)N1Cc2ccccc2C1=O. The van der Waals surface area contributed by atoms with Crippen LogP contribution in [0, 0.1) is 11.6 Å². The summed E-state index contributed by atoms with van der Waals surface area (Å²) in [7, 11) is 0. The maximum Gasteiger partial charge on any atom is 0.255 e. The molecule has 1 N–H and O–H groups in total. The second-order valence-electron chi connectivity index (χ2n) is 6.52. The topological polar surface area (TPSA) is 49.4 Å². The van der Waals surface area contributed by atoms with E-state index in [1.54, 1.807) is 42.5 Å². The molecule has 3 aromatic rings. The van der Waals surface area contributed by atoms with Crippen molar-refractivity contribution in [2.24, 2.45) is 0 Å². The molecule has 2 amide bonds. The molecular weight excluding hydrogens is 362 g/mol. The molecule has 1 atom stereocenters. The molecule has 4 rings (SSSR count). The molecule has 0 saturated heterocycles. The van der Waals surface area contributed by atoms with Crippen LogP contribution in [0.25, 0.3) is 0 Å². The fourth-order valence-corrected chi connectivity index (χ4v) is 3.39. The van der Waals surface area contributed by atoms with E-state index in [0.29, 0.717) is 11.1 Å². The van der Waals surface area contributed by atoms with Gasteiger partial charge in [-0.3, -0.25) is 9.59 Å². The maximum atomic E-state index is 14.0. The number of carbonyl (C=O) groups is 2. The molecule has 3 aromatic carbocycles. The predicted molar refractivity (Wildman–Crippen MR) is 100 cm³/mol. The molecule has 4 nitrogen and oxygen atoms in total. The van der Waals surface area contributed by atoms with Gasteiger partial charge in [-0.2, -0.15) is 0 Å². The molecular formula is C22H16F2N2O2. The Kier molecular flexibility index (Phi) is 4.61. The Labute approximate surface area is 160 Å². The van der Waals surface area contributed by atoms with Gasteiger partial charge in [0.05, 0.1) is 5.69 Å². The van der Waals surface area contributed by atoms with Gasteiger partial charge in [-0.25, -0.2) is 8.78 Å². The van der Waals surface area contributed by atoms with Crippen LogP contribution in [0.1, 0.15) is 27.5 Å². The number of anilines is 1. The highest BCUT2D eigenvalue weighted by atomic mass is 19.1. The van der Waals surface area contributed by atoms with Gasteiger partial charge in [-0.05, 0) is 29.3 Å². The van der Waals surface area contributed by atoms with Gasteiger partial charge < -0.3 is 10.2 Å². The van der Waals surface area contributed by atoms with Crippen molar-refractivity contribution in [3.63, 3.8) is 0 Å². The normalized spacial score (nSPS) is 13.9. The summed E-state index contributed by atoms with van der Waals surface area (Å²) < 4.78 is 27.5. The zero-order valence-electron chi connectivity index (χ0n) is 14.7. The Balaban J connectivity index is 1.70. The predicted octanol–water partition coefficient (Wildman–Crippen LogP) is 4.30. The Morgan fingerprint density at radius 1 is 0.964 bits per heavy atom. The van der Waals surface area contributed by atoms with Gasteiger partial charge in [0.25, 0.3) is 11.8 Å². The highest BCUT2D eigenvalue weighted by Gasteiger charge is 2.37. The largest absolute Gasteiger partial charge is 0.321 e. The van der Waals surface area contributed by atoms with E-state index in [2.05, 4.69) is 5.32 Å². The Morgan fingerprint density at radius 2 is 1.68 bits per heavy atom. The van der Waals surface area contributed by atoms with Crippen LogP contribution >= 0.6 is 0 Å². The zero-order valence-corrected chi connectivity index (χ0v) is 14.7. The summed E-state index contributed by atoms with van der Waals surface area (Å²) in [6, 6.07) is 17.7. The van der Waals surface area contributed by atoms with E-state index >= 15 is 0 Å². The Hall–Kier alpha value is -3.54. The number of nitrogens with one attached hydrogen (secondary N) is 1. The smallest absolute Gasteiger partial charge is 0.255 e. The molecule has 6 heteroatoms. The summed E-state index contributed by atoms with van der Waals surface area (Å²) in [6.07, 6.45) is 0. The maximum absolute atomic E-state index is 14.0. The van der Waals surface area contributed by atoms with E-state index in [4.69, 9.17) is 0 Å². The van der Waals surface area contributed by atoms with Crippen LogP contribution in [0.3, 0.4) is 0 Å². The van der Waals surface area contributed by atoms with Crippen molar-refractivity contribution in [3.05, 3.63) is 101 Å². The van der Waals surface area contributed by atoms with Crippen molar-refractivity contribution in [3.8, 4) is 0 Å². The van der Waals surface area contributed by atoms with E-state index < -0.39 is 23.6 Å². The van der Waals surface area contributed by atoms with E-state index in [0.717, 1.165) is 23.8 Å². The number of halogens is 2. The summed E-state index contributed by atoms with van der Waals surface area (Å²) in [4.78, 5) is 27.4. The number of fused-ring (bicyclic) bond motifs is 1. The first kappa shape index (κ1) is 17.9. The van der Waals surface area contributed by atoms with E-state index in [-0.39, 0.29) is 18.1 Å². The van der Waals surface area contributed by atoms with E-state index in [1.165, 1.54) is 4.90 Å². The van der Waals surface area contributed by atoms with Crippen molar-refractivity contribution in [2.75, 3.05) is 5.32 Å². The molecule has 0 radical (unpaired) electrons. The first-order valence-electron chi connectivity index (χ1n) is 8.74. The van der Waals surface area contributed by atoms with Crippen molar-refractivity contribution in [1.82, 2.24) is 4.90 Å². The van der Waals surface area contributed by atoms with Gasteiger partial charge in [-0.15, -0.1) is 0 Å². The molecule has 0 spiro atoms. The summed E-state index contributed by atoms with van der Waals surface area (Å²) >= 11 is 0. The minimum Gasteiger partial charge on any atom is -0.321 e. The molecule has 1 aliphatic rings. The molecule has 1 heterocycles. The van der Waals surface area contributed by atoms with Crippen LogP contribution in [0.15, 0.2) is 72.8 Å². The Bertz CT molecular complexity index is 1050. The lowest BCUT2D eigenvalue weighted by Gasteiger charge is -2.27. The third-order valence-corrected chi connectivity index (χ3v) is 4.71. The minimum atomic E-state index is -0.983. The third-order valence-electron chi connectivity index (χ3n) is 4.71. The molecule has 0 aliphatic carbocycles. The number of benzene rings is 3. The van der Waals surface area contributed by atoms with Crippen LogP contribution in [0.5, 0.6) is 0 Å². The number of hydrogen-bond acceptors (Lipinski definition) is 2. The number of rotatable bonds is 4. The van der Waals surface area contributed by atoms with Crippen molar-refractivity contribution in [2.45, 2.75) is 12.6 Å². The lowest BCUT2D eigenvalue weighted by atomic mass is 10.0. The van der Waals surface area contributed by atoms with Crippen LogP contribution in [0.2, 0.25) is 0 Å². The van der Waals surface area contributed by atoms with E-state index in [1.807, 2.05) is 12.1 Å². The zero-order chi connectivity index (χ0) is 19.7. The molecule has 0 saturated carbocycles. The van der Waals surface area contributed by atoms with Crippen LogP contribution < -0.4 is 5.32 Å². The summed E-state index contributed by atoms with van der Waals surface area (Å²) in [5, 5.41) is 2.43. The number of hydrogen-bond donors (Lipinski definition) is 1. The number of carbonyl (C=O) groups excluding carboxylic acids is 2. The first-order valence-corrected chi connectivity index (χ1v) is 8.74. The lowest BCUT2D eigenvalue weighted by molar-refractivity contribution is -0.120. The number of nitrogens with zero attached hydrogens (tertiary/aromatic N) is 1. The third kappa shape index (κ3) is 3.24. The highest BCUT2D eigenvalue weighted by Crippen LogP contribution is 2.32. The molecule has 0 fully saturated rings. The molecule has 1 aliphatic heterocycles. The fraction of sp³-hybridized carbons (Fsp3) is 0.0909. The van der Waals surface area contributed by atoms with Gasteiger partial charge in [-0.1, -0.05) is 48.5 Å². The lowest BCUT2D eigenvalue weighted by Crippen LogP contribution is -2.37. The van der Waals surface area contributed by atoms with Crippen molar-refractivity contribution in [1.29, 1.82) is 0 Å². The molecule has 0 aromatic heterocycles. The quantitative estimate of drug-likeness (QED) is 0.736. The molecule has 0 bridgehead atoms. The average Bonchev–Trinajstić information content (AvgIpc) is 3.02. The molecule has 28 heavy (non-hydrogen) atoms. The Morgan fingerprint density at radius 3 is 2.43 bits per heavy atom. The number of amides is 2. The van der Waals surface area contributed by atoms with Gasteiger partial charge in [0.1, 0.15) is 17.7 Å². The molecule has 140 valence electrons. The summed E-state index contributed by atoms with van der Waals surface area (Å²) in [5.74, 6) is -2.31. The highest BCUT2D eigenvalue weighted by molar-refractivity contribution is 6.04. The first-order chi connectivity index (χ1) is 13.5. The van der Waals surface area contributed by atoms with Gasteiger partial charge >= 0.3 is 0 Å². The van der Waals surface area contributed by atoms with E-state index in [9.17, 15) is 18.4 Å². The minimum absolute atomic E-state index is 0.258. The summed E-state index contributed by atoms with van der Waals surface area (Å²) in [5.41, 5.74) is 1.67.